The van der Waals surface area contributed by atoms with Crippen LogP contribution in [0.25, 0.3) is 0 Å². The molecule has 0 spiro atoms. The highest BCUT2D eigenvalue weighted by atomic mass is 32.1. The fourth-order valence-corrected chi connectivity index (χ4v) is 3.56. The third-order valence-electron chi connectivity index (χ3n) is 5.27. The van der Waals surface area contributed by atoms with Crippen LogP contribution in [0.1, 0.15) is 62.8 Å². The zero-order chi connectivity index (χ0) is 22.9. The summed E-state index contributed by atoms with van der Waals surface area (Å²) in [7, 11) is 0. The van der Waals surface area contributed by atoms with Gasteiger partial charge in [0.15, 0.2) is 6.10 Å². The molecule has 0 aliphatic heterocycles. The smallest absolute Gasteiger partial charge is 0.333 e. The first-order chi connectivity index (χ1) is 14.7. The van der Waals surface area contributed by atoms with E-state index in [1.165, 1.54) is 16.7 Å². The van der Waals surface area contributed by atoms with Gasteiger partial charge in [0.2, 0.25) is 0 Å². The molecule has 0 aliphatic carbocycles. The number of carboxylic acid groups (broad SMARTS) is 1. The third kappa shape index (κ3) is 8.80. The van der Waals surface area contributed by atoms with E-state index in [4.69, 9.17) is 17.0 Å². The highest BCUT2D eigenvalue weighted by Crippen LogP contribution is 2.22. The van der Waals surface area contributed by atoms with Gasteiger partial charge in [0.1, 0.15) is 0 Å². The van der Waals surface area contributed by atoms with Crippen molar-refractivity contribution in [1.82, 2.24) is 5.32 Å². The normalized spacial score (nSPS) is 12.4. The molecule has 168 valence electrons. The summed E-state index contributed by atoms with van der Waals surface area (Å²) in [5.74, 6) is -0.919. The number of aliphatic carboxylic acids is 1. The second kappa shape index (κ2) is 12.0. The molecule has 1 atom stereocenters. The van der Waals surface area contributed by atoms with Crippen molar-refractivity contribution in [3.63, 3.8) is 0 Å². The Bertz CT molecular complexity index is 838. The molecule has 0 aliphatic rings. The molecule has 0 saturated heterocycles. The average molecular weight is 442 g/mol. The van der Waals surface area contributed by atoms with E-state index >= 15 is 0 Å². The van der Waals surface area contributed by atoms with Crippen LogP contribution < -0.4 is 5.32 Å². The predicted octanol–water partition coefficient (Wildman–Crippen LogP) is 5.46. The Labute approximate surface area is 192 Å². The Morgan fingerprint density at radius 2 is 1.61 bits per heavy atom. The minimum Gasteiger partial charge on any atom is -0.479 e. The number of rotatable bonds is 11. The van der Waals surface area contributed by atoms with Gasteiger partial charge in [0.05, 0.1) is 4.99 Å². The molecular weight excluding hydrogens is 406 g/mol. The van der Waals surface area contributed by atoms with Gasteiger partial charge in [-0.1, -0.05) is 81.5 Å². The van der Waals surface area contributed by atoms with Crippen molar-refractivity contribution in [2.75, 3.05) is 6.61 Å². The van der Waals surface area contributed by atoms with E-state index in [1.807, 2.05) is 12.1 Å². The number of aryl methyl sites for hydroxylation is 1. The summed E-state index contributed by atoms with van der Waals surface area (Å²) in [4.78, 5) is 12.1. The van der Waals surface area contributed by atoms with E-state index < -0.39 is 12.1 Å². The summed E-state index contributed by atoms with van der Waals surface area (Å²) < 4.78 is 5.28. The highest BCUT2D eigenvalue weighted by molar-refractivity contribution is 7.80. The standard InChI is InChI=1S/C26H35NO3S/c1-5-30-23(25(28)29)17-20-11-9-19(10-12-20)7-6-8-24(31)27-18-21-13-15-22(16-14-21)26(2,3)4/h9-16,23H,5-8,17-18H2,1-4H3,(H,27,31)(H,28,29)/t23-/m1/s1. The summed E-state index contributed by atoms with van der Waals surface area (Å²) in [5, 5.41) is 12.6. The quantitative estimate of drug-likeness (QED) is 0.454. The number of benzene rings is 2. The molecule has 0 aromatic heterocycles. The Morgan fingerprint density at radius 1 is 1.03 bits per heavy atom. The molecule has 0 heterocycles. The minimum absolute atomic E-state index is 0.167. The second-order valence-electron chi connectivity index (χ2n) is 8.88. The van der Waals surface area contributed by atoms with Gasteiger partial charge < -0.3 is 15.2 Å². The lowest BCUT2D eigenvalue weighted by Crippen LogP contribution is -2.26. The largest absolute Gasteiger partial charge is 0.479 e. The maximum atomic E-state index is 11.2. The monoisotopic (exact) mass is 441 g/mol. The minimum atomic E-state index is -0.919. The van der Waals surface area contributed by atoms with Crippen LogP contribution in [0, 0.1) is 0 Å². The molecule has 2 rings (SSSR count). The zero-order valence-electron chi connectivity index (χ0n) is 19.1. The average Bonchev–Trinajstić information content (AvgIpc) is 2.72. The maximum Gasteiger partial charge on any atom is 0.333 e. The van der Waals surface area contributed by atoms with Crippen molar-refractivity contribution in [3.8, 4) is 0 Å². The molecule has 2 N–H and O–H groups in total. The van der Waals surface area contributed by atoms with Crippen LogP contribution in [-0.2, 0) is 34.3 Å². The molecule has 31 heavy (non-hydrogen) atoms. The van der Waals surface area contributed by atoms with Crippen LogP contribution in [-0.4, -0.2) is 28.8 Å². The van der Waals surface area contributed by atoms with Crippen LogP contribution in [0.4, 0.5) is 0 Å². The molecule has 0 saturated carbocycles. The number of thiocarbonyl (C=S) groups is 1. The Hall–Kier alpha value is -2.24. The maximum absolute atomic E-state index is 11.2. The van der Waals surface area contributed by atoms with E-state index in [-0.39, 0.29) is 5.41 Å². The van der Waals surface area contributed by atoms with E-state index in [1.54, 1.807) is 6.92 Å². The van der Waals surface area contributed by atoms with Gasteiger partial charge in [0.25, 0.3) is 0 Å². The zero-order valence-corrected chi connectivity index (χ0v) is 19.9. The molecule has 0 fully saturated rings. The Balaban J connectivity index is 1.72. The van der Waals surface area contributed by atoms with Gasteiger partial charge >= 0.3 is 5.97 Å². The summed E-state index contributed by atoms with van der Waals surface area (Å²) in [5.41, 5.74) is 4.94. The second-order valence-corrected chi connectivity index (χ2v) is 9.37. The summed E-state index contributed by atoms with van der Waals surface area (Å²) in [6.45, 7) is 9.61. The van der Waals surface area contributed by atoms with Gasteiger partial charge in [-0.2, -0.15) is 0 Å². The number of hydrogen-bond acceptors (Lipinski definition) is 3. The Morgan fingerprint density at radius 3 is 2.16 bits per heavy atom. The number of carboxylic acids is 1. The topological polar surface area (TPSA) is 58.6 Å². The van der Waals surface area contributed by atoms with Crippen molar-refractivity contribution >= 4 is 23.2 Å². The fourth-order valence-electron chi connectivity index (χ4n) is 3.34. The van der Waals surface area contributed by atoms with Crippen molar-refractivity contribution in [1.29, 1.82) is 0 Å². The number of hydrogen-bond donors (Lipinski definition) is 2. The van der Waals surface area contributed by atoms with Gasteiger partial charge in [-0.25, -0.2) is 4.79 Å². The summed E-state index contributed by atoms with van der Waals surface area (Å²) in [6, 6.07) is 16.8. The van der Waals surface area contributed by atoms with Crippen LogP contribution in [0.3, 0.4) is 0 Å². The lowest BCUT2D eigenvalue weighted by Gasteiger charge is -2.19. The van der Waals surface area contributed by atoms with Crippen LogP contribution in [0.5, 0.6) is 0 Å². The predicted molar refractivity (Wildman–Crippen MR) is 131 cm³/mol. The number of nitrogens with one attached hydrogen (secondary N) is 1. The first-order valence-corrected chi connectivity index (χ1v) is 11.4. The number of ether oxygens (including phenoxy) is 1. The molecule has 2 aromatic carbocycles. The first kappa shape index (κ1) is 25.0. The summed E-state index contributed by atoms with van der Waals surface area (Å²) >= 11 is 5.49. The van der Waals surface area contributed by atoms with E-state index in [0.29, 0.717) is 13.0 Å². The highest BCUT2D eigenvalue weighted by Gasteiger charge is 2.17. The Kier molecular flexibility index (Phi) is 9.66. The van der Waals surface area contributed by atoms with Crippen LogP contribution >= 0.6 is 12.2 Å². The van der Waals surface area contributed by atoms with Crippen molar-refractivity contribution in [2.45, 2.75) is 71.4 Å². The van der Waals surface area contributed by atoms with Crippen LogP contribution in [0.15, 0.2) is 48.5 Å². The molecule has 0 unspecified atom stereocenters. The van der Waals surface area contributed by atoms with E-state index in [0.717, 1.165) is 36.4 Å². The molecule has 0 bridgehead atoms. The van der Waals surface area contributed by atoms with Gasteiger partial charge in [-0.05, 0) is 53.9 Å². The molecule has 5 heteroatoms. The number of carbonyl (C=O) groups is 1. The fraction of sp³-hybridized carbons (Fsp3) is 0.462. The molecule has 4 nitrogen and oxygen atoms in total. The SMILES string of the molecule is CCO[C@H](Cc1ccc(CCCC(=S)NCc2ccc(C(C)(C)C)cc2)cc1)C(=O)O. The summed E-state index contributed by atoms with van der Waals surface area (Å²) in [6.07, 6.45) is 2.36. The lowest BCUT2D eigenvalue weighted by atomic mass is 9.87. The van der Waals surface area contributed by atoms with Gasteiger partial charge in [0, 0.05) is 19.6 Å². The molecule has 0 radical (unpaired) electrons. The van der Waals surface area contributed by atoms with Crippen molar-refractivity contribution in [2.24, 2.45) is 0 Å². The lowest BCUT2D eigenvalue weighted by molar-refractivity contribution is -0.149. The van der Waals surface area contributed by atoms with Crippen molar-refractivity contribution < 1.29 is 14.6 Å². The van der Waals surface area contributed by atoms with Crippen LogP contribution in [0.2, 0.25) is 0 Å². The van der Waals surface area contributed by atoms with E-state index in [9.17, 15) is 9.90 Å². The molecule has 2 aromatic rings. The van der Waals surface area contributed by atoms with Gasteiger partial charge in [-0.15, -0.1) is 0 Å². The molecule has 0 amide bonds. The third-order valence-corrected chi connectivity index (χ3v) is 5.61. The molecular formula is C26H35NO3S. The first-order valence-electron chi connectivity index (χ1n) is 11.0. The van der Waals surface area contributed by atoms with E-state index in [2.05, 4.69) is 62.5 Å². The van der Waals surface area contributed by atoms with Gasteiger partial charge in [-0.3, -0.25) is 0 Å². The van der Waals surface area contributed by atoms with Crippen molar-refractivity contribution in [3.05, 3.63) is 70.8 Å².